The van der Waals surface area contributed by atoms with Crippen LogP contribution in [-0.4, -0.2) is 279 Å². The maximum Gasteiger partial charge on any atom is 0.246 e. The molecule has 102 heavy (non-hydrogen) atoms. The van der Waals surface area contributed by atoms with E-state index in [1.807, 2.05) is 32.6 Å². The summed E-state index contributed by atoms with van der Waals surface area (Å²) < 4.78 is 16.5. The fourth-order valence-electron chi connectivity index (χ4n) is 13.5. The van der Waals surface area contributed by atoms with Crippen LogP contribution in [0.25, 0.3) is 0 Å². The van der Waals surface area contributed by atoms with Gasteiger partial charge in [-0.25, -0.2) is 0 Å². The van der Waals surface area contributed by atoms with Crippen LogP contribution in [0.1, 0.15) is 126 Å². The van der Waals surface area contributed by atoms with Crippen molar-refractivity contribution in [3.05, 3.63) is 70.8 Å². The van der Waals surface area contributed by atoms with Crippen molar-refractivity contribution in [3.8, 4) is 0 Å². The number of primary amides is 2. The van der Waals surface area contributed by atoms with Gasteiger partial charge in [-0.1, -0.05) is 68.3 Å². The number of amides is 7. The number of ketones is 3. The predicted molar refractivity (Wildman–Crippen MR) is 384 cm³/mol. The number of aliphatic hydroxyl groups excluding tert-OH is 1. The van der Waals surface area contributed by atoms with Crippen molar-refractivity contribution in [2.75, 3.05) is 109 Å². The summed E-state index contributed by atoms with van der Waals surface area (Å²) in [5, 5.41) is 18.9. The summed E-state index contributed by atoms with van der Waals surface area (Å²) in [4.78, 5) is 190. The molecule has 6 heterocycles. The minimum absolute atomic E-state index is 0.0249. The summed E-state index contributed by atoms with van der Waals surface area (Å²) in [6.07, 6.45) is 2.35. The Morgan fingerprint density at radius 3 is 1.79 bits per heavy atom. The molecule has 5 saturated heterocycles. The molecule has 2 aromatic carbocycles. The van der Waals surface area contributed by atoms with Crippen molar-refractivity contribution in [3.63, 3.8) is 0 Å². The van der Waals surface area contributed by atoms with Crippen LogP contribution in [0.15, 0.2) is 48.5 Å². The van der Waals surface area contributed by atoms with Gasteiger partial charge < -0.3 is 42.3 Å². The number of carbonyl (C=O) groups is 13. The van der Waals surface area contributed by atoms with Gasteiger partial charge in [-0.15, -0.1) is 0 Å². The van der Waals surface area contributed by atoms with Crippen molar-refractivity contribution < 1.29 is 76.0 Å². The summed E-state index contributed by atoms with van der Waals surface area (Å²) in [6.45, 7) is 7.36. The third-order valence-corrected chi connectivity index (χ3v) is 26.5. The minimum atomic E-state index is -4.30. The van der Waals surface area contributed by atoms with E-state index < -0.39 is 130 Å². The monoisotopic (exact) mass is 1580 g/mol. The van der Waals surface area contributed by atoms with Gasteiger partial charge in [0, 0.05) is 67.5 Å². The number of nitrogens with two attached hydrogens (primary N) is 2. The first-order valence-electron chi connectivity index (χ1n) is 35.7. The van der Waals surface area contributed by atoms with Crippen LogP contribution in [0.2, 0.25) is 0 Å². The number of benzene rings is 2. The molecule has 8 N–H and O–H groups in total. The smallest absolute Gasteiger partial charge is 0.246 e. The van der Waals surface area contributed by atoms with Crippen LogP contribution in [0.3, 0.4) is 0 Å². The first-order valence-corrected chi connectivity index (χ1v) is 43.2. The van der Waals surface area contributed by atoms with Gasteiger partial charge in [-0.05, 0) is 74.1 Å². The third-order valence-electron chi connectivity index (χ3n) is 19.1. The van der Waals surface area contributed by atoms with E-state index >= 15 is 0 Å². The summed E-state index contributed by atoms with van der Waals surface area (Å²) in [6, 6.07) is 8.52. The van der Waals surface area contributed by atoms with Crippen LogP contribution in [-0.2, 0) is 94.6 Å². The molecule has 5 fully saturated rings. The molecule has 0 radical (unpaired) electrons. The van der Waals surface area contributed by atoms with Gasteiger partial charge in [0.05, 0.1) is 24.0 Å². The number of Topliss-reactive ketones (excluding diaryl/α,β-unsaturated/α-hetero) is 3. The van der Waals surface area contributed by atoms with Crippen molar-refractivity contribution in [1.82, 2.24) is 45.3 Å². The number of rotatable bonds is 21. The van der Waals surface area contributed by atoms with Gasteiger partial charge in [0.1, 0.15) is 30.0 Å². The molecule has 32 heteroatoms. The molecule has 10 atom stereocenters. The van der Waals surface area contributed by atoms with E-state index in [4.69, 9.17) is 20.0 Å². The molecule has 558 valence electrons. The van der Waals surface area contributed by atoms with Gasteiger partial charge in [0.2, 0.25) is 41.4 Å². The van der Waals surface area contributed by atoms with Crippen LogP contribution >= 0.6 is 35.3 Å². The van der Waals surface area contributed by atoms with Crippen LogP contribution in [0.4, 0.5) is 0 Å². The molecular formula is C70H100InN11O17S3. The number of aliphatic hydroxyl groups is 1. The zero-order chi connectivity index (χ0) is 73.2. The number of nitrogens with zero attached hydrogens (tertiary/aromatic N) is 6. The van der Waals surface area contributed by atoms with E-state index in [9.17, 15) is 67.4 Å². The Morgan fingerprint density at radius 2 is 1.21 bits per heavy atom. The second kappa shape index (κ2) is 41.5. The Morgan fingerprint density at radius 1 is 0.637 bits per heavy atom. The average Bonchev–Trinajstić information content (AvgIpc) is 1.62. The largest absolute Gasteiger partial charge is 0.391 e. The third kappa shape index (κ3) is 26.2. The van der Waals surface area contributed by atoms with E-state index in [-0.39, 0.29) is 107 Å². The molecule has 6 bridgehead atoms. The van der Waals surface area contributed by atoms with E-state index in [0.717, 1.165) is 29.5 Å². The Balaban J connectivity index is 1.01. The molecular weight excluding hydrogens is 1480 g/mol. The quantitative estimate of drug-likeness (QED) is 0.0955. The zero-order valence-electron chi connectivity index (χ0n) is 58.6. The summed E-state index contributed by atoms with van der Waals surface area (Å²) in [7, 11) is 0. The van der Waals surface area contributed by atoms with Gasteiger partial charge in [0.25, 0.3) is 0 Å². The second-order valence-corrected chi connectivity index (χ2v) is 34.2. The Bertz CT molecular complexity index is 3250. The topological polar surface area (TPSA) is 377 Å². The van der Waals surface area contributed by atoms with E-state index in [2.05, 4.69) is 28.1 Å². The van der Waals surface area contributed by atoms with Crippen LogP contribution in [0.5, 0.6) is 0 Å². The molecule has 2 aromatic rings. The fourth-order valence-corrected chi connectivity index (χ4v) is 19.5. The fraction of sp³-hybridized carbons (Fsp3) is 0.643. The summed E-state index contributed by atoms with van der Waals surface area (Å²) in [5.74, 6) is -6.79. The number of hydrogen-bond acceptors (Lipinski definition) is 24. The van der Waals surface area contributed by atoms with Crippen molar-refractivity contribution >= 4 is 135 Å². The molecule has 2 unspecified atom stereocenters. The Kier molecular flexibility index (Phi) is 33.2. The molecule has 0 aromatic heterocycles. The number of unbranched alkanes of at least 4 members (excludes halogenated alkanes) is 2. The summed E-state index contributed by atoms with van der Waals surface area (Å²) >= 11 is 0.241. The molecule has 0 spiro atoms. The van der Waals surface area contributed by atoms with Crippen LogP contribution < -0.4 is 27.4 Å². The normalized spacial score (nSPS) is 26.5. The van der Waals surface area contributed by atoms with Gasteiger partial charge >= 0.3 is 191 Å². The molecule has 6 aliphatic rings. The molecule has 28 nitrogen and oxygen atoms in total. The Labute approximate surface area is 618 Å². The zero-order valence-corrected chi connectivity index (χ0v) is 64.4. The summed E-state index contributed by atoms with van der Waals surface area (Å²) in [5.41, 5.74) is 15.0. The van der Waals surface area contributed by atoms with E-state index in [0.29, 0.717) is 126 Å². The minimum Gasteiger partial charge on any atom is -0.391 e. The molecule has 8 rings (SSSR count). The number of fused-ring (bicyclic) bond motifs is 11. The van der Waals surface area contributed by atoms with Gasteiger partial charge in [-0.3, -0.25) is 43.2 Å². The first kappa shape index (κ1) is 81.5. The molecule has 0 aliphatic carbocycles. The van der Waals surface area contributed by atoms with Gasteiger partial charge in [0.15, 0.2) is 5.78 Å². The molecule has 7 amide bonds. The maximum absolute atomic E-state index is 15.0. The number of nitrogens with one attached hydrogen (secondary N) is 3. The number of thioether (sulfide) groups is 3. The van der Waals surface area contributed by atoms with Gasteiger partial charge in [-0.2, -0.15) is 35.3 Å². The van der Waals surface area contributed by atoms with Crippen molar-refractivity contribution in [2.24, 2.45) is 23.3 Å². The first-order chi connectivity index (χ1) is 49.0. The predicted octanol–water partition coefficient (Wildman–Crippen LogP) is 1.15. The van der Waals surface area contributed by atoms with E-state index in [1.165, 1.54) is 35.3 Å². The number of carbonyl (C=O) groups excluding carboxylic acids is 13. The van der Waals surface area contributed by atoms with Crippen LogP contribution in [0, 0.1) is 11.8 Å². The van der Waals surface area contributed by atoms with Crippen molar-refractivity contribution in [1.29, 1.82) is 0 Å². The van der Waals surface area contributed by atoms with E-state index in [1.54, 1.807) is 47.0 Å². The SMILES string of the molecule is CCCCCC(=O)C[C@H]1CSCc2cc(CSCCCC(=O)CN3CCN4CCN5CCN(CC3)CC(=O)[O][In]([O]C(=O)C4)[O]C(=O)C5)cc(c2)CSC[C@@H](C(N)=O)CC(=O)[C@H](Cc2ccccc2)NC(=O)[C@H](CCC(N)=O)NC(=O)[C@H]([C@@H](C)O)NC(=O)[C@@H]2CCCN2C(=O)[C@@H]2CCCN2C1=O. The molecule has 0 saturated carbocycles. The maximum atomic E-state index is 15.0. The molecule has 6 aliphatic heterocycles. The standard InChI is InChI=1S/C70H103N11O17S3.In/c1-3-4-6-14-53(83)35-52-45-101-43-50-32-48(41-99-30-11-15-54(84)37-76-22-24-77(38-61(87)88)26-28-79(40-63(91)92)29-27-78(25-23-76)39-62(89)90)31-49(33-50)42-100-44-51(65(72)93)36-59(85)56(34-47-12-7-5-8-13-47)74-66(94)55(18-19-60(71)86)73-68(96)64(46(2)82)75-67(95)57-16-9-20-80(57)70(98)58-17-10-21-81(58)69(52)97;/h5,7-8,12-13,31-33,46,51-52,55-58,64,82H,3-4,6,9-11,14-30,34-45H2,1-2H3,(H2,71,86)(H2,72,93)(H,73,96)(H,74,94)(H,75,95)(H,87,88)(H,89,90)(H,91,92);/q;+3/p-3/t46-,51+,52+,55+,56+,57+,58+,64+;/m1./s1. The second-order valence-electron chi connectivity index (χ2n) is 27.3. The average molecular weight is 1580 g/mol. The Hall–Kier alpha value is -6.13. The number of hydrogen-bond donors (Lipinski definition) is 6. The van der Waals surface area contributed by atoms with Crippen molar-refractivity contribution in [2.45, 2.75) is 164 Å².